The number of esters is 1. The number of methoxy groups -OCH3 is 1. The zero-order valence-electron chi connectivity index (χ0n) is 19.8. The molecule has 1 aliphatic heterocycles. The Hall–Kier alpha value is -3.15. The monoisotopic (exact) mass is 488 g/mol. The number of carbonyl (C=O) groups excluding carboxylic acids is 2. The van der Waals surface area contributed by atoms with E-state index in [1.165, 1.54) is 7.11 Å². The van der Waals surface area contributed by atoms with E-state index in [-0.39, 0.29) is 18.0 Å². The van der Waals surface area contributed by atoms with Gasteiger partial charge in [-0.05, 0) is 71.7 Å². The lowest BCUT2D eigenvalue weighted by atomic mass is 9.91. The van der Waals surface area contributed by atoms with Crippen LogP contribution in [-0.2, 0) is 20.7 Å². The summed E-state index contributed by atoms with van der Waals surface area (Å²) in [5.41, 5.74) is 3.99. The van der Waals surface area contributed by atoms with Gasteiger partial charge in [-0.25, -0.2) is 4.79 Å². The quantitative estimate of drug-likeness (QED) is 0.441. The van der Waals surface area contributed by atoms with E-state index in [2.05, 4.69) is 5.32 Å². The molecule has 6 heteroatoms. The summed E-state index contributed by atoms with van der Waals surface area (Å²) in [6.07, 6.45) is 4.09. The third-order valence-corrected chi connectivity index (χ3v) is 7.37. The van der Waals surface area contributed by atoms with Gasteiger partial charge in [0.15, 0.2) is 0 Å². The largest absolute Gasteiger partial charge is 0.468 e. The summed E-state index contributed by atoms with van der Waals surface area (Å²) in [4.78, 5) is 28.5. The van der Waals surface area contributed by atoms with Crippen molar-refractivity contribution in [1.82, 2.24) is 10.2 Å². The number of carbonyl (C=O) groups is 2. The third-order valence-electron chi connectivity index (χ3n) is 7.12. The smallest absolute Gasteiger partial charge is 0.327 e. The van der Waals surface area contributed by atoms with E-state index in [1.54, 1.807) is 0 Å². The van der Waals surface area contributed by atoms with Gasteiger partial charge in [-0.1, -0.05) is 66.2 Å². The summed E-state index contributed by atoms with van der Waals surface area (Å²) in [6, 6.07) is 21.0. The second-order valence-corrected chi connectivity index (χ2v) is 9.62. The molecular formula is C29H29ClN2O3. The van der Waals surface area contributed by atoms with Crippen LogP contribution in [0.4, 0.5) is 0 Å². The van der Waals surface area contributed by atoms with Crippen LogP contribution in [0.25, 0.3) is 10.8 Å². The number of hydrogen-bond acceptors (Lipinski definition) is 4. The molecule has 5 rings (SSSR count). The SMILES string of the molecule is COC(=O)[C@@H](N[C@@H]1C2=C(CCCC2)C(=O)N1CCc1ccc(Cl)cc1)c1cccc2ccccc12. The molecule has 3 aromatic rings. The standard InChI is InChI=1S/C29H29ClN2O3/c1-35-29(34)26(23-12-6-8-20-7-2-3-9-22(20)23)31-27-24-10-4-5-11-25(24)28(33)32(27)18-17-19-13-15-21(30)16-14-19/h2-3,6-9,12-16,26-27,31H,4-5,10-11,17-18H2,1H3/t26-,27-/m0/s1. The summed E-state index contributed by atoms with van der Waals surface area (Å²) >= 11 is 6.04. The highest BCUT2D eigenvalue weighted by molar-refractivity contribution is 6.30. The summed E-state index contributed by atoms with van der Waals surface area (Å²) < 4.78 is 5.23. The van der Waals surface area contributed by atoms with Gasteiger partial charge < -0.3 is 9.64 Å². The maximum atomic E-state index is 13.5. The van der Waals surface area contributed by atoms with Gasteiger partial charge in [-0.3, -0.25) is 10.1 Å². The number of hydrogen-bond donors (Lipinski definition) is 1. The van der Waals surface area contributed by atoms with E-state index in [9.17, 15) is 9.59 Å². The van der Waals surface area contributed by atoms with Crippen molar-refractivity contribution in [3.05, 3.63) is 94.0 Å². The Morgan fingerprint density at radius 1 is 1.06 bits per heavy atom. The van der Waals surface area contributed by atoms with E-state index < -0.39 is 6.04 Å². The number of ether oxygens (including phenoxy) is 1. The third kappa shape index (κ3) is 4.71. The molecule has 35 heavy (non-hydrogen) atoms. The van der Waals surface area contributed by atoms with Crippen LogP contribution in [0.1, 0.15) is 42.9 Å². The predicted octanol–water partition coefficient (Wildman–Crippen LogP) is 5.58. The highest BCUT2D eigenvalue weighted by Crippen LogP contribution is 2.37. The molecule has 0 unspecified atom stereocenters. The fourth-order valence-corrected chi connectivity index (χ4v) is 5.46. The van der Waals surface area contributed by atoms with E-state index >= 15 is 0 Å². The minimum atomic E-state index is -0.698. The van der Waals surface area contributed by atoms with Crippen LogP contribution in [0.2, 0.25) is 5.02 Å². The fourth-order valence-electron chi connectivity index (χ4n) is 5.34. The minimum absolute atomic E-state index is 0.0766. The molecule has 1 aliphatic carbocycles. The Morgan fingerprint density at radius 3 is 2.60 bits per heavy atom. The van der Waals surface area contributed by atoms with Gasteiger partial charge in [0.05, 0.1) is 7.11 Å². The molecule has 0 fully saturated rings. The molecular weight excluding hydrogens is 460 g/mol. The Kier molecular flexibility index (Phi) is 6.89. The first-order valence-corrected chi connectivity index (χ1v) is 12.5. The molecule has 0 spiro atoms. The number of amides is 1. The van der Waals surface area contributed by atoms with Gasteiger partial charge in [-0.15, -0.1) is 0 Å². The maximum Gasteiger partial charge on any atom is 0.327 e. The molecule has 1 N–H and O–H groups in total. The first kappa shape index (κ1) is 23.6. The number of rotatable bonds is 7. The number of benzene rings is 3. The van der Waals surface area contributed by atoms with Crippen LogP contribution in [0.3, 0.4) is 0 Å². The lowest BCUT2D eigenvalue weighted by molar-refractivity contribution is -0.144. The van der Waals surface area contributed by atoms with E-state index in [4.69, 9.17) is 16.3 Å². The molecule has 180 valence electrons. The Labute approximate surface area is 210 Å². The van der Waals surface area contributed by atoms with E-state index in [0.717, 1.165) is 58.7 Å². The summed E-state index contributed by atoms with van der Waals surface area (Å²) in [5, 5.41) is 6.29. The van der Waals surface area contributed by atoms with Gasteiger partial charge in [0.1, 0.15) is 12.2 Å². The van der Waals surface area contributed by atoms with Crippen molar-refractivity contribution in [1.29, 1.82) is 0 Å². The lowest BCUT2D eigenvalue weighted by Crippen LogP contribution is -2.49. The zero-order valence-corrected chi connectivity index (χ0v) is 20.6. The molecule has 3 aromatic carbocycles. The summed E-state index contributed by atoms with van der Waals surface area (Å²) in [6.45, 7) is 0.550. The van der Waals surface area contributed by atoms with Crippen molar-refractivity contribution < 1.29 is 14.3 Å². The van der Waals surface area contributed by atoms with Crippen LogP contribution in [-0.4, -0.2) is 36.6 Å². The van der Waals surface area contributed by atoms with Crippen LogP contribution in [0.15, 0.2) is 77.9 Å². The van der Waals surface area contributed by atoms with E-state index in [1.807, 2.05) is 71.6 Å². The number of nitrogens with zero attached hydrogens (tertiary/aromatic N) is 1. The van der Waals surface area contributed by atoms with Gasteiger partial charge in [0.25, 0.3) is 5.91 Å². The molecule has 0 aromatic heterocycles. The lowest BCUT2D eigenvalue weighted by Gasteiger charge is -2.32. The number of fused-ring (bicyclic) bond motifs is 1. The molecule has 1 amide bonds. The molecule has 0 saturated carbocycles. The van der Waals surface area contributed by atoms with Crippen LogP contribution < -0.4 is 5.32 Å². The minimum Gasteiger partial charge on any atom is -0.468 e. The van der Waals surface area contributed by atoms with Crippen LogP contribution in [0.5, 0.6) is 0 Å². The second kappa shape index (κ2) is 10.2. The molecule has 0 saturated heterocycles. The van der Waals surface area contributed by atoms with Crippen LogP contribution >= 0.6 is 11.6 Å². The molecule has 1 heterocycles. The van der Waals surface area contributed by atoms with Crippen molar-refractivity contribution >= 4 is 34.2 Å². The van der Waals surface area contributed by atoms with E-state index in [0.29, 0.717) is 18.0 Å². The van der Waals surface area contributed by atoms with Crippen LogP contribution in [0, 0.1) is 0 Å². The molecule has 2 atom stereocenters. The topological polar surface area (TPSA) is 58.6 Å². The van der Waals surface area contributed by atoms with Gasteiger partial charge in [0.2, 0.25) is 0 Å². The Balaban J connectivity index is 1.48. The Morgan fingerprint density at radius 2 is 1.80 bits per heavy atom. The van der Waals surface area contributed by atoms with Crippen molar-refractivity contribution in [3.8, 4) is 0 Å². The first-order chi connectivity index (χ1) is 17.1. The molecule has 2 aliphatic rings. The molecule has 0 radical (unpaired) electrons. The normalized spacial score (nSPS) is 18.6. The van der Waals surface area contributed by atoms with Crippen molar-refractivity contribution in [3.63, 3.8) is 0 Å². The van der Waals surface area contributed by atoms with Crippen molar-refractivity contribution in [2.24, 2.45) is 0 Å². The second-order valence-electron chi connectivity index (χ2n) is 9.18. The summed E-state index contributed by atoms with van der Waals surface area (Å²) in [5.74, 6) is -0.288. The highest BCUT2D eigenvalue weighted by atomic mass is 35.5. The Bertz CT molecular complexity index is 1280. The first-order valence-electron chi connectivity index (χ1n) is 12.2. The maximum absolute atomic E-state index is 13.5. The number of halogens is 1. The predicted molar refractivity (Wildman–Crippen MR) is 138 cm³/mol. The average molecular weight is 489 g/mol. The number of nitrogens with one attached hydrogen (secondary N) is 1. The van der Waals surface area contributed by atoms with Crippen molar-refractivity contribution in [2.75, 3.05) is 13.7 Å². The van der Waals surface area contributed by atoms with Gasteiger partial charge in [0, 0.05) is 17.1 Å². The zero-order chi connectivity index (χ0) is 24.4. The highest BCUT2D eigenvalue weighted by Gasteiger charge is 2.41. The fraction of sp³-hybridized carbons (Fsp3) is 0.310. The van der Waals surface area contributed by atoms with Gasteiger partial charge in [-0.2, -0.15) is 0 Å². The molecule has 0 bridgehead atoms. The summed E-state index contributed by atoms with van der Waals surface area (Å²) in [7, 11) is 1.41. The van der Waals surface area contributed by atoms with Gasteiger partial charge >= 0.3 is 5.97 Å². The average Bonchev–Trinajstić information content (AvgIpc) is 3.16. The van der Waals surface area contributed by atoms with Crippen molar-refractivity contribution in [2.45, 2.75) is 44.3 Å². The molecule has 5 nitrogen and oxygen atoms in total.